The minimum Gasteiger partial charge on any atom is -0.480 e. The fourth-order valence-corrected chi connectivity index (χ4v) is 0.993. The Hall–Kier alpha value is -1.10. The van der Waals surface area contributed by atoms with E-state index in [0.29, 0.717) is 6.42 Å². The van der Waals surface area contributed by atoms with Crippen LogP contribution in [0.4, 0.5) is 0 Å². The summed E-state index contributed by atoms with van der Waals surface area (Å²) in [6.45, 7) is 10.1. The maximum atomic E-state index is 12.1. The quantitative estimate of drug-likeness (QED) is 0.675. The summed E-state index contributed by atoms with van der Waals surface area (Å²) in [6.07, 6.45) is 0.315. The van der Waals surface area contributed by atoms with Crippen molar-refractivity contribution in [1.82, 2.24) is 5.32 Å². The Kier molecular flexibility index (Phi) is 4.34. The molecule has 0 saturated heterocycles. The van der Waals surface area contributed by atoms with Gasteiger partial charge in [-0.3, -0.25) is 4.79 Å². The average Bonchev–Trinajstić information content (AvgIpc) is 2.15. The van der Waals surface area contributed by atoms with Gasteiger partial charge in [-0.15, -0.1) is 0 Å². The van der Waals surface area contributed by atoms with Gasteiger partial charge in [0.25, 0.3) is 0 Å². The molecule has 0 aromatic rings. The molecule has 0 heterocycles. The Labute approximate surface area is 103 Å². The molecule has 1 amide bonds. The van der Waals surface area contributed by atoms with Gasteiger partial charge in [0.15, 0.2) is 0 Å². The van der Waals surface area contributed by atoms with E-state index in [1.807, 2.05) is 0 Å². The second kappa shape index (κ2) is 4.64. The molecule has 1 atom stereocenters. The Balaban J connectivity index is 5.06. The Morgan fingerprint density at radius 1 is 1.18 bits per heavy atom. The molecule has 0 aliphatic rings. The van der Waals surface area contributed by atoms with E-state index in [0.717, 1.165) is 0 Å². The lowest BCUT2D eigenvalue weighted by molar-refractivity contribution is -0.149. The molecular weight excluding hydrogens is 220 g/mol. The summed E-state index contributed by atoms with van der Waals surface area (Å²) in [6, 6.07) is 0. The average molecular weight is 244 g/mol. The number of hydrogen-bond donors (Lipinski definition) is 3. The highest BCUT2D eigenvalue weighted by Crippen LogP contribution is 2.29. The van der Waals surface area contributed by atoms with Gasteiger partial charge in [0, 0.05) is 5.54 Å². The van der Waals surface area contributed by atoms with Crippen LogP contribution in [-0.2, 0) is 9.59 Å². The summed E-state index contributed by atoms with van der Waals surface area (Å²) in [5.41, 5.74) is 3.11. The van der Waals surface area contributed by atoms with Crippen LogP contribution in [0.3, 0.4) is 0 Å². The molecule has 0 spiro atoms. The third-order valence-corrected chi connectivity index (χ3v) is 3.75. The van der Waals surface area contributed by atoms with E-state index in [9.17, 15) is 9.59 Å². The number of rotatable bonds is 5. The first kappa shape index (κ1) is 15.9. The van der Waals surface area contributed by atoms with E-state index in [1.165, 1.54) is 6.92 Å². The topological polar surface area (TPSA) is 92.4 Å². The van der Waals surface area contributed by atoms with E-state index in [4.69, 9.17) is 10.8 Å². The largest absolute Gasteiger partial charge is 0.480 e. The number of carbonyl (C=O) groups is 2. The first-order chi connectivity index (χ1) is 7.38. The van der Waals surface area contributed by atoms with Crippen molar-refractivity contribution in [2.75, 3.05) is 0 Å². The molecule has 0 bridgehead atoms. The number of nitrogens with one attached hydrogen (secondary N) is 1. The van der Waals surface area contributed by atoms with Crippen molar-refractivity contribution in [3.8, 4) is 0 Å². The lowest BCUT2D eigenvalue weighted by Crippen LogP contribution is -2.61. The molecule has 0 radical (unpaired) electrons. The lowest BCUT2D eigenvalue weighted by Gasteiger charge is -2.39. The zero-order valence-corrected chi connectivity index (χ0v) is 11.5. The van der Waals surface area contributed by atoms with Crippen LogP contribution in [0, 0.1) is 5.41 Å². The third kappa shape index (κ3) is 3.19. The van der Waals surface area contributed by atoms with Crippen LogP contribution in [0.5, 0.6) is 0 Å². The van der Waals surface area contributed by atoms with Crippen LogP contribution >= 0.6 is 0 Å². The lowest BCUT2D eigenvalue weighted by atomic mass is 9.74. The van der Waals surface area contributed by atoms with Crippen molar-refractivity contribution >= 4 is 11.9 Å². The maximum absolute atomic E-state index is 12.1. The van der Waals surface area contributed by atoms with Gasteiger partial charge in [-0.25, -0.2) is 4.79 Å². The standard InChI is InChI=1S/C12H24N2O3/c1-7-12(6,9(16)17)14-8(15)10(2,3)11(4,5)13/h7,13H2,1-6H3,(H,14,15)(H,16,17). The number of aliphatic carboxylic acids is 1. The Bertz CT molecular complexity index is 318. The molecule has 0 aliphatic heterocycles. The molecular formula is C12H24N2O3. The molecule has 0 rings (SSSR count). The molecule has 4 N–H and O–H groups in total. The monoisotopic (exact) mass is 244 g/mol. The summed E-state index contributed by atoms with van der Waals surface area (Å²) in [5, 5.41) is 11.7. The number of amides is 1. The number of nitrogens with two attached hydrogens (primary N) is 1. The molecule has 0 aromatic heterocycles. The molecule has 1 unspecified atom stereocenters. The van der Waals surface area contributed by atoms with Crippen molar-refractivity contribution in [2.45, 2.75) is 59.0 Å². The van der Waals surface area contributed by atoms with Crippen LogP contribution in [0.15, 0.2) is 0 Å². The summed E-state index contributed by atoms with van der Waals surface area (Å²) < 4.78 is 0. The highest BCUT2D eigenvalue weighted by molar-refractivity contribution is 5.90. The van der Waals surface area contributed by atoms with Gasteiger partial charge >= 0.3 is 5.97 Å². The summed E-state index contributed by atoms with van der Waals surface area (Å²) in [4.78, 5) is 23.3. The fraction of sp³-hybridized carbons (Fsp3) is 0.833. The maximum Gasteiger partial charge on any atom is 0.329 e. The van der Waals surface area contributed by atoms with Crippen LogP contribution in [0.25, 0.3) is 0 Å². The number of hydrogen-bond acceptors (Lipinski definition) is 3. The molecule has 0 fully saturated rings. The van der Waals surface area contributed by atoms with Crippen LogP contribution in [0.2, 0.25) is 0 Å². The van der Waals surface area contributed by atoms with E-state index >= 15 is 0 Å². The first-order valence-corrected chi connectivity index (χ1v) is 5.73. The number of carboxylic acids is 1. The minimum absolute atomic E-state index is 0.315. The smallest absolute Gasteiger partial charge is 0.329 e. The van der Waals surface area contributed by atoms with Crippen LogP contribution in [-0.4, -0.2) is 28.1 Å². The van der Waals surface area contributed by atoms with Crippen molar-refractivity contribution < 1.29 is 14.7 Å². The fourth-order valence-electron chi connectivity index (χ4n) is 0.993. The molecule has 5 heteroatoms. The van der Waals surface area contributed by atoms with Crippen molar-refractivity contribution in [3.63, 3.8) is 0 Å². The van der Waals surface area contributed by atoms with Gasteiger partial charge in [0.05, 0.1) is 5.41 Å². The van der Waals surface area contributed by atoms with Crippen molar-refractivity contribution in [1.29, 1.82) is 0 Å². The predicted molar refractivity (Wildman–Crippen MR) is 66.5 cm³/mol. The first-order valence-electron chi connectivity index (χ1n) is 5.73. The zero-order valence-electron chi connectivity index (χ0n) is 11.5. The van der Waals surface area contributed by atoms with Gasteiger partial charge in [-0.2, -0.15) is 0 Å². The van der Waals surface area contributed by atoms with E-state index in [2.05, 4.69) is 5.32 Å². The Morgan fingerprint density at radius 2 is 1.59 bits per heavy atom. The minimum atomic E-state index is -1.25. The third-order valence-electron chi connectivity index (χ3n) is 3.75. The van der Waals surface area contributed by atoms with E-state index in [1.54, 1.807) is 34.6 Å². The molecule has 17 heavy (non-hydrogen) atoms. The normalized spacial score (nSPS) is 16.2. The molecule has 0 saturated carbocycles. The van der Waals surface area contributed by atoms with E-state index in [-0.39, 0.29) is 5.91 Å². The van der Waals surface area contributed by atoms with Crippen molar-refractivity contribution in [2.24, 2.45) is 11.1 Å². The summed E-state index contributed by atoms with van der Waals surface area (Å²) in [5.74, 6) is -1.39. The molecule has 100 valence electrons. The van der Waals surface area contributed by atoms with E-state index < -0.39 is 22.5 Å². The predicted octanol–water partition coefficient (Wildman–Crippen LogP) is 1.12. The highest BCUT2D eigenvalue weighted by Gasteiger charge is 2.44. The van der Waals surface area contributed by atoms with Gasteiger partial charge in [0.1, 0.15) is 5.54 Å². The number of carboxylic acid groups (broad SMARTS) is 1. The second-order valence-corrected chi connectivity index (χ2v) is 5.79. The SMILES string of the molecule is CCC(C)(NC(=O)C(C)(C)C(C)(C)N)C(=O)O. The number of carbonyl (C=O) groups excluding carboxylic acids is 1. The summed E-state index contributed by atoms with van der Waals surface area (Å²) in [7, 11) is 0. The Morgan fingerprint density at radius 3 is 1.82 bits per heavy atom. The van der Waals surface area contributed by atoms with Crippen LogP contribution < -0.4 is 11.1 Å². The summed E-state index contributed by atoms with van der Waals surface area (Å²) >= 11 is 0. The second-order valence-electron chi connectivity index (χ2n) is 5.79. The van der Waals surface area contributed by atoms with Crippen LogP contribution in [0.1, 0.15) is 48.0 Å². The molecule has 5 nitrogen and oxygen atoms in total. The van der Waals surface area contributed by atoms with Gasteiger partial charge < -0.3 is 16.2 Å². The highest BCUT2D eigenvalue weighted by atomic mass is 16.4. The zero-order chi connectivity index (χ0) is 14.1. The van der Waals surface area contributed by atoms with Gasteiger partial charge in [-0.1, -0.05) is 6.92 Å². The van der Waals surface area contributed by atoms with Gasteiger partial charge in [0.2, 0.25) is 5.91 Å². The molecule has 0 aromatic carbocycles. The van der Waals surface area contributed by atoms with Gasteiger partial charge in [-0.05, 0) is 41.0 Å². The van der Waals surface area contributed by atoms with Crippen molar-refractivity contribution in [3.05, 3.63) is 0 Å². The molecule has 0 aliphatic carbocycles.